The largest absolute Gasteiger partial charge is 0.361 e. The van der Waals surface area contributed by atoms with Gasteiger partial charge in [0, 0.05) is 33.6 Å². The van der Waals surface area contributed by atoms with E-state index < -0.39 is 0 Å². The first-order valence-corrected chi connectivity index (χ1v) is 7.29. The number of aryl methyl sites for hydroxylation is 1. The highest BCUT2D eigenvalue weighted by Crippen LogP contribution is 2.22. The number of ketones is 1. The van der Waals surface area contributed by atoms with Crippen LogP contribution in [0.15, 0.2) is 48.7 Å². The van der Waals surface area contributed by atoms with Crippen molar-refractivity contribution in [2.24, 2.45) is 0 Å². The van der Waals surface area contributed by atoms with Crippen LogP contribution < -0.4 is 5.32 Å². The van der Waals surface area contributed by atoms with E-state index in [-0.39, 0.29) is 5.78 Å². The van der Waals surface area contributed by atoms with Crippen LogP contribution in [0.4, 0.5) is 5.69 Å². The molecular formula is C16H12Cl3NO. The fraction of sp³-hybridized carbons (Fsp3) is 0.0625. The van der Waals surface area contributed by atoms with E-state index in [0.29, 0.717) is 20.6 Å². The number of rotatable bonds is 4. The van der Waals surface area contributed by atoms with Gasteiger partial charge in [-0.05, 0) is 42.8 Å². The predicted molar refractivity (Wildman–Crippen MR) is 89.7 cm³/mol. The summed E-state index contributed by atoms with van der Waals surface area (Å²) in [6, 6.07) is 10.3. The Morgan fingerprint density at radius 1 is 1.05 bits per heavy atom. The fourth-order valence-electron chi connectivity index (χ4n) is 1.74. The van der Waals surface area contributed by atoms with E-state index in [1.807, 2.05) is 19.1 Å². The SMILES string of the molecule is Cc1ccc(Cl)cc1N/C=C/C(=O)c1ccc(Cl)cc1Cl. The second-order valence-electron chi connectivity index (χ2n) is 4.43. The molecular weight excluding hydrogens is 329 g/mol. The molecule has 0 atom stereocenters. The van der Waals surface area contributed by atoms with Crippen molar-refractivity contribution in [3.8, 4) is 0 Å². The maximum absolute atomic E-state index is 12.0. The quantitative estimate of drug-likeness (QED) is 0.566. The third-order valence-corrected chi connectivity index (χ3v) is 3.65. The molecule has 0 radical (unpaired) electrons. The zero-order chi connectivity index (χ0) is 15.4. The molecule has 0 amide bonds. The maximum Gasteiger partial charge on any atom is 0.188 e. The number of halogens is 3. The Morgan fingerprint density at radius 2 is 1.71 bits per heavy atom. The molecule has 0 aromatic heterocycles. The molecule has 0 saturated heterocycles. The first-order chi connectivity index (χ1) is 9.97. The topological polar surface area (TPSA) is 29.1 Å². The lowest BCUT2D eigenvalue weighted by molar-refractivity contribution is 0.104. The number of carbonyl (C=O) groups is 1. The second-order valence-corrected chi connectivity index (χ2v) is 5.71. The predicted octanol–water partition coefficient (Wildman–Crippen LogP) is 5.76. The lowest BCUT2D eigenvalue weighted by atomic mass is 10.1. The van der Waals surface area contributed by atoms with E-state index in [1.165, 1.54) is 6.08 Å². The monoisotopic (exact) mass is 339 g/mol. The van der Waals surface area contributed by atoms with Gasteiger partial charge in [-0.15, -0.1) is 0 Å². The molecule has 1 N–H and O–H groups in total. The lowest BCUT2D eigenvalue weighted by Gasteiger charge is -2.05. The van der Waals surface area contributed by atoms with E-state index in [9.17, 15) is 4.79 Å². The summed E-state index contributed by atoms with van der Waals surface area (Å²) in [4.78, 5) is 12.0. The Morgan fingerprint density at radius 3 is 2.43 bits per heavy atom. The molecule has 2 aromatic rings. The number of allylic oxidation sites excluding steroid dienone is 1. The summed E-state index contributed by atoms with van der Waals surface area (Å²) in [6.45, 7) is 1.95. The van der Waals surface area contributed by atoms with Gasteiger partial charge < -0.3 is 5.32 Å². The summed E-state index contributed by atoms with van der Waals surface area (Å²) in [5.74, 6) is -0.205. The third-order valence-electron chi connectivity index (χ3n) is 2.87. The summed E-state index contributed by atoms with van der Waals surface area (Å²) in [5.41, 5.74) is 2.27. The summed E-state index contributed by atoms with van der Waals surface area (Å²) in [5, 5.41) is 4.48. The van der Waals surface area contributed by atoms with E-state index in [1.54, 1.807) is 30.5 Å². The van der Waals surface area contributed by atoms with Crippen LogP contribution in [0.5, 0.6) is 0 Å². The van der Waals surface area contributed by atoms with Crippen molar-refractivity contribution in [1.29, 1.82) is 0 Å². The number of hydrogen-bond acceptors (Lipinski definition) is 2. The van der Waals surface area contributed by atoms with Crippen LogP contribution in [0.2, 0.25) is 15.1 Å². The Bertz CT molecular complexity index is 711. The van der Waals surface area contributed by atoms with Crippen LogP contribution in [0.3, 0.4) is 0 Å². The molecule has 0 fully saturated rings. The summed E-state index contributed by atoms with van der Waals surface area (Å²) < 4.78 is 0. The molecule has 0 saturated carbocycles. The summed E-state index contributed by atoms with van der Waals surface area (Å²) in [7, 11) is 0. The van der Waals surface area contributed by atoms with Gasteiger partial charge in [0.25, 0.3) is 0 Å². The van der Waals surface area contributed by atoms with Crippen LogP contribution in [0, 0.1) is 6.92 Å². The minimum absolute atomic E-state index is 0.205. The molecule has 0 unspecified atom stereocenters. The molecule has 0 aliphatic rings. The van der Waals surface area contributed by atoms with Crippen molar-refractivity contribution in [3.05, 3.63) is 74.9 Å². The standard InChI is InChI=1S/C16H12Cl3NO/c1-10-2-3-12(18)9-15(10)20-7-6-16(21)13-5-4-11(17)8-14(13)19/h2-9,20H,1H3/b7-6+. The highest BCUT2D eigenvalue weighted by atomic mass is 35.5. The summed E-state index contributed by atoms with van der Waals surface area (Å²) >= 11 is 17.7. The molecule has 0 aliphatic heterocycles. The van der Waals surface area contributed by atoms with Crippen molar-refractivity contribution in [2.75, 3.05) is 5.32 Å². The molecule has 108 valence electrons. The van der Waals surface area contributed by atoms with Crippen molar-refractivity contribution in [1.82, 2.24) is 0 Å². The van der Waals surface area contributed by atoms with Gasteiger partial charge in [0.05, 0.1) is 5.02 Å². The van der Waals surface area contributed by atoms with Crippen LogP contribution >= 0.6 is 34.8 Å². The average Bonchev–Trinajstić information content (AvgIpc) is 2.42. The molecule has 0 bridgehead atoms. The highest BCUT2D eigenvalue weighted by molar-refractivity contribution is 6.37. The van der Waals surface area contributed by atoms with Gasteiger partial charge in [-0.3, -0.25) is 4.79 Å². The normalized spacial score (nSPS) is 10.9. The number of nitrogens with one attached hydrogen (secondary N) is 1. The molecule has 0 aliphatic carbocycles. The zero-order valence-corrected chi connectivity index (χ0v) is 13.4. The molecule has 0 spiro atoms. The van der Waals surface area contributed by atoms with E-state index in [4.69, 9.17) is 34.8 Å². The minimum Gasteiger partial charge on any atom is -0.361 e. The number of hydrogen-bond donors (Lipinski definition) is 1. The van der Waals surface area contributed by atoms with Crippen LogP contribution in [0.25, 0.3) is 0 Å². The second kappa shape index (κ2) is 6.99. The minimum atomic E-state index is -0.205. The Kier molecular flexibility index (Phi) is 5.29. The van der Waals surface area contributed by atoms with Crippen LogP contribution in [0.1, 0.15) is 15.9 Å². The van der Waals surface area contributed by atoms with Gasteiger partial charge in [-0.1, -0.05) is 40.9 Å². The van der Waals surface area contributed by atoms with Gasteiger partial charge >= 0.3 is 0 Å². The molecule has 2 nitrogen and oxygen atoms in total. The van der Waals surface area contributed by atoms with Gasteiger partial charge in [0.1, 0.15) is 0 Å². The first-order valence-electron chi connectivity index (χ1n) is 6.16. The fourth-order valence-corrected chi connectivity index (χ4v) is 2.41. The highest BCUT2D eigenvalue weighted by Gasteiger charge is 2.07. The number of carbonyl (C=O) groups excluding carboxylic acids is 1. The third kappa shape index (κ3) is 4.24. The smallest absolute Gasteiger partial charge is 0.188 e. The van der Waals surface area contributed by atoms with Gasteiger partial charge in [-0.25, -0.2) is 0 Å². The molecule has 2 rings (SSSR count). The van der Waals surface area contributed by atoms with Crippen LogP contribution in [-0.4, -0.2) is 5.78 Å². The summed E-state index contributed by atoms with van der Waals surface area (Å²) in [6.07, 6.45) is 2.97. The van der Waals surface area contributed by atoms with Gasteiger partial charge in [-0.2, -0.15) is 0 Å². The Labute approximate surface area is 138 Å². The van der Waals surface area contributed by atoms with Crippen molar-refractivity contribution < 1.29 is 4.79 Å². The molecule has 2 aromatic carbocycles. The van der Waals surface area contributed by atoms with E-state index in [2.05, 4.69) is 5.32 Å². The van der Waals surface area contributed by atoms with Gasteiger partial charge in [0.2, 0.25) is 0 Å². The average molecular weight is 341 g/mol. The Hall–Kier alpha value is -1.48. The van der Waals surface area contributed by atoms with E-state index >= 15 is 0 Å². The lowest BCUT2D eigenvalue weighted by Crippen LogP contribution is -1.98. The van der Waals surface area contributed by atoms with E-state index in [0.717, 1.165) is 11.3 Å². The van der Waals surface area contributed by atoms with Gasteiger partial charge in [0.15, 0.2) is 5.78 Å². The van der Waals surface area contributed by atoms with Crippen LogP contribution in [-0.2, 0) is 0 Å². The molecule has 0 heterocycles. The maximum atomic E-state index is 12.0. The number of anilines is 1. The molecule has 5 heteroatoms. The van der Waals surface area contributed by atoms with Crippen molar-refractivity contribution in [3.63, 3.8) is 0 Å². The van der Waals surface area contributed by atoms with Crippen molar-refractivity contribution >= 4 is 46.3 Å². The first kappa shape index (κ1) is 15.9. The number of benzene rings is 2. The zero-order valence-electron chi connectivity index (χ0n) is 11.2. The Balaban J connectivity index is 2.10. The molecule has 21 heavy (non-hydrogen) atoms. The van der Waals surface area contributed by atoms with Crippen molar-refractivity contribution in [2.45, 2.75) is 6.92 Å².